The molecule has 106 valence electrons. The van der Waals surface area contributed by atoms with Gasteiger partial charge in [-0.25, -0.2) is 0 Å². The molecule has 0 radical (unpaired) electrons. The average molecular weight is 310 g/mol. The van der Waals surface area contributed by atoms with Crippen LogP contribution in [0.3, 0.4) is 0 Å². The number of rotatable bonds is 5. The third-order valence-electron chi connectivity index (χ3n) is 3.34. The molecule has 0 spiro atoms. The molecule has 0 saturated carbocycles. The number of ether oxygens (including phenoxy) is 1. The van der Waals surface area contributed by atoms with E-state index in [-0.39, 0.29) is 0 Å². The van der Waals surface area contributed by atoms with E-state index >= 15 is 0 Å². The second kappa shape index (κ2) is 6.14. The topological polar surface area (TPSA) is 41.5 Å². The molecule has 2 N–H and O–H groups in total. The molecule has 0 saturated heterocycles. The zero-order chi connectivity index (χ0) is 13.9. The van der Waals surface area contributed by atoms with Gasteiger partial charge in [-0.05, 0) is 29.3 Å². The van der Waals surface area contributed by atoms with Gasteiger partial charge in [-0.1, -0.05) is 23.7 Å². The smallest absolute Gasteiger partial charge is 0.122 e. The van der Waals surface area contributed by atoms with Crippen molar-refractivity contribution in [1.29, 1.82) is 0 Å². The van der Waals surface area contributed by atoms with Gasteiger partial charge < -0.3 is 15.2 Å². The molecule has 20 heavy (non-hydrogen) atoms. The molecular formula is C15H16ClNO2S. The fraction of sp³-hybridized carbons (Fsp3) is 0.333. The van der Waals surface area contributed by atoms with Gasteiger partial charge in [0, 0.05) is 24.4 Å². The van der Waals surface area contributed by atoms with Gasteiger partial charge in [0.1, 0.15) is 11.9 Å². The van der Waals surface area contributed by atoms with Gasteiger partial charge in [-0.3, -0.25) is 0 Å². The van der Waals surface area contributed by atoms with Crippen LogP contribution in [0, 0.1) is 0 Å². The van der Waals surface area contributed by atoms with Gasteiger partial charge in [-0.2, -0.15) is 0 Å². The van der Waals surface area contributed by atoms with Gasteiger partial charge in [0.05, 0.1) is 10.9 Å². The number of benzene rings is 1. The van der Waals surface area contributed by atoms with Crippen molar-refractivity contribution >= 4 is 22.9 Å². The second-order valence-corrected chi connectivity index (χ2v) is 6.58. The van der Waals surface area contributed by atoms with Gasteiger partial charge >= 0.3 is 0 Å². The molecule has 1 atom stereocenters. The van der Waals surface area contributed by atoms with Gasteiger partial charge in [0.25, 0.3) is 0 Å². The van der Waals surface area contributed by atoms with E-state index in [1.165, 1.54) is 22.5 Å². The highest BCUT2D eigenvalue weighted by molar-refractivity contribution is 7.16. The number of hydrogen-bond donors (Lipinski definition) is 2. The van der Waals surface area contributed by atoms with Crippen molar-refractivity contribution in [1.82, 2.24) is 5.32 Å². The monoisotopic (exact) mass is 309 g/mol. The highest BCUT2D eigenvalue weighted by Crippen LogP contribution is 2.27. The van der Waals surface area contributed by atoms with Gasteiger partial charge in [-0.15, -0.1) is 11.3 Å². The third-order valence-corrected chi connectivity index (χ3v) is 4.68. The number of halogens is 1. The lowest BCUT2D eigenvalue weighted by Crippen LogP contribution is -2.20. The van der Waals surface area contributed by atoms with Crippen molar-refractivity contribution in [2.24, 2.45) is 0 Å². The van der Waals surface area contributed by atoms with Crippen LogP contribution in [0.25, 0.3) is 0 Å². The Morgan fingerprint density at radius 1 is 1.35 bits per heavy atom. The number of aliphatic hydroxyl groups is 1. The Labute approximate surface area is 127 Å². The van der Waals surface area contributed by atoms with E-state index in [0.29, 0.717) is 10.9 Å². The maximum atomic E-state index is 10.0. The minimum atomic E-state index is -0.509. The van der Waals surface area contributed by atoms with Crippen molar-refractivity contribution < 1.29 is 9.84 Å². The van der Waals surface area contributed by atoms with Gasteiger partial charge in [0.2, 0.25) is 0 Å². The van der Waals surface area contributed by atoms with E-state index in [2.05, 4.69) is 17.4 Å². The quantitative estimate of drug-likeness (QED) is 0.891. The maximum Gasteiger partial charge on any atom is 0.122 e. The molecule has 0 fully saturated rings. The molecule has 5 heteroatoms. The first-order valence-corrected chi connectivity index (χ1v) is 7.80. The van der Waals surface area contributed by atoms with E-state index in [9.17, 15) is 5.11 Å². The van der Waals surface area contributed by atoms with Crippen LogP contribution in [-0.4, -0.2) is 18.3 Å². The summed E-state index contributed by atoms with van der Waals surface area (Å²) in [5.41, 5.74) is 2.49. The van der Waals surface area contributed by atoms with Crippen molar-refractivity contribution in [3.63, 3.8) is 0 Å². The van der Waals surface area contributed by atoms with E-state index < -0.39 is 6.10 Å². The molecule has 0 bridgehead atoms. The largest absolute Gasteiger partial charge is 0.493 e. The second-order valence-electron chi connectivity index (χ2n) is 4.83. The average Bonchev–Trinajstić information content (AvgIpc) is 3.06. The predicted molar refractivity (Wildman–Crippen MR) is 81.6 cm³/mol. The summed E-state index contributed by atoms with van der Waals surface area (Å²) in [4.78, 5) is 0.893. The third kappa shape index (κ3) is 3.15. The fourth-order valence-corrected chi connectivity index (χ4v) is 3.36. The molecule has 2 heterocycles. The molecule has 1 aromatic heterocycles. The Morgan fingerprint density at radius 2 is 2.25 bits per heavy atom. The minimum Gasteiger partial charge on any atom is -0.493 e. The number of fused-ring (bicyclic) bond motifs is 1. The zero-order valence-corrected chi connectivity index (χ0v) is 12.5. The predicted octanol–water partition coefficient (Wildman–Crippen LogP) is 3.16. The standard InChI is InChI=1S/C15H16ClNO2S/c16-15-4-3-14(20-15)12(18)9-17-8-10-1-2-13-11(7-10)5-6-19-13/h1-4,7,12,17-18H,5-6,8-9H2. The van der Waals surface area contributed by atoms with Crippen LogP contribution >= 0.6 is 22.9 Å². The molecule has 3 nitrogen and oxygen atoms in total. The first-order chi connectivity index (χ1) is 9.72. The molecule has 1 unspecified atom stereocenters. The molecule has 0 amide bonds. The van der Waals surface area contributed by atoms with Crippen molar-refractivity contribution in [3.05, 3.63) is 50.7 Å². The highest BCUT2D eigenvalue weighted by Gasteiger charge is 2.13. The highest BCUT2D eigenvalue weighted by atomic mass is 35.5. The van der Waals surface area contributed by atoms with Crippen LogP contribution < -0.4 is 10.1 Å². The number of aliphatic hydroxyl groups excluding tert-OH is 1. The molecule has 2 aromatic rings. The lowest BCUT2D eigenvalue weighted by atomic mass is 10.1. The summed E-state index contributed by atoms with van der Waals surface area (Å²) in [6, 6.07) is 9.93. The van der Waals surface area contributed by atoms with Crippen LogP contribution in [0.2, 0.25) is 4.34 Å². The summed E-state index contributed by atoms with van der Waals surface area (Å²) in [7, 11) is 0. The van der Waals surface area contributed by atoms with Crippen molar-refractivity contribution in [3.8, 4) is 5.75 Å². The first-order valence-electron chi connectivity index (χ1n) is 6.61. The summed E-state index contributed by atoms with van der Waals surface area (Å²) < 4.78 is 6.19. The minimum absolute atomic E-state index is 0.509. The van der Waals surface area contributed by atoms with Crippen LogP contribution in [-0.2, 0) is 13.0 Å². The lowest BCUT2D eigenvalue weighted by Gasteiger charge is -2.10. The lowest BCUT2D eigenvalue weighted by molar-refractivity contribution is 0.178. The van der Waals surface area contributed by atoms with Crippen LogP contribution in [0.4, 0.5) is 0 Å². The van der Waals surface area contributed by atoms with Crippen molar-refractivity contribution in [2.45, 2.75) is 19.1 Å². The summed E-state index contributed by atoms with van der Waals surface area (Å²) >= 11 is 7.28. The number of nitrogens with one attached hydrogen (secondary N) is 1. The Balaban J connectivity index is 1.52. The van der Waals surface area contributed by atoms with E-state index in [4.69, 9.17) is 16.3 Å². The molecular weight excluding hydrogens is 294 g/mol. The van der Waals surface area contributed by atoms with Gasteiger partial charge in [0.15, 0.2) is 0 Å². The summed E-state index contributed by atoms with van der Waals surface area (Å²) in [6.07, 6.45) is 0.477. The van der Waals surface area contributed by atoms with E-state index in [1.54, 1.807) is 0 Å². The molecule has 1 aliphatic rings. The Hall–Kier alpha value is -1.07. The van der Waals surface area contributed by atoms with Crippen LogP contribution in [0.1, 0.15) is 22.1 Å². The Kier molecular flexibility index (Phi) is 4.27. The molecule has 1 aromatic carbocycles. The van der Waals surface area contributed by atoms with Crippen LogP contribution in [0.15, 0.2) is 30.3 Å². The molecule has 0 aliphatic carbocycles. The number of thiophene rings is 1. The van der Waals surface area contributed by atoms with Crippen molar-refractivity contribution in [2.75, 3.05) is 13.2 Å². The summed E-state index contributed by atoms with van der Waals surface area (Å²) in [6.45, 7) is 2.04. The number of hydrogen-bond acceptors (Lipinski definition) is 4. The fourth-order valence-electron chi connectivity index (χ4n) is 2.31. The first kappa shape index (κ1) is 13.9. The summed E-state index contributed by atoms with van der Waals surface area (Å²) in [5, 5.41) is 13.3. The molecule has 3 rings (SSSR count). The Bertz CT molecular complexity index is 599. The Morgan fingerprint density at radius 3 is 3.05 bits per heavy atom. The molecule has 1 aliphatic heterocycles. The van der Waals surface area contributed by atoms with E-state index in [1.807, 2.05) is 18.2 Å². The SMILES string of the molecule is OC(CNCc1ccc2c(c1)CCO2)c1ccc(Cl)s1. The van der Waals surface area contributed by atoms with Crippen LogP contribution in [0.5, 0.6) is 5.75 Å². The normalized spacial score (nSPS) is 14.9. The van der Waals surface area contributed by atoms with E-state index in [0.717, 1.165) is 30.2 Å². The summed E-state index contributed by atoms with van der Waals surface area (Å²) in [5.74, 6) is 1.00. The zero-order valence-electron chi connectivity index (χ0n) is 10.9. The maximum absolute atomic E-state index is 10.0.